The van der Waals surface area contributed by atoms with Crippen LogP contribution in [0.4, 0.5) is 5.82 Å². The van der Waals surface area contributed by atoms with Crippen LogP contribution in [0.3, 0.4) is 0 Å². The molecule has 0 atom stereocenters. The highest BCUT2D eigenvalue weighted by Crippen LogP contribution is 2.33. The van der Waals surface area contributed by atoms with Gasteiger partial charge in [0.1, 0.15) is 22.3 Å². The summed E-state index contributed by atoms with van der Waals surface area (Å²) in [6.07, 6.45) is 7.73. The summed E-state index contributed by atoms with van der Waals surface area (Å²) in [6.45, 7) is 4.17. The highest BCUT2D eigenvalue weighted by Gasteiger charge is 2.16. The lowest BCUT2D eigenvalue weighted by Gasteiger charge is -2.05. The highest BCUT2D eigenvalue weighted by atomic mass is 32.2. The fourth-order valence-electron chi connectivity index (χ4n) is 3.61. The molecule has 3 N–H and O–H groups in total. The van der Waals surface area contributed by atoms with Gasteiger partial charge in [0.15, 0.2) is 0 Å². The van der Waals surface area contributed by atoms with E-state index in [1.54, 1.807) is 23.1 Å². The summed E-state index contributed by atoms with van der Waals surface area (Å²) in [4.78, 5) is 16.0. The number of thiophene rings is 1. The molecule has 0 aromatic carbocycles. The molecule has 8 heteroatoms. The summed E-state index contributed by atoms with van der Waals surface area (Å²) in [6, 6.07) is 0. The number of thioether (sulfide) groups is 1. The summed E-state index contributed by atoms with van der Waals surface area (Å²) >= 11 is 3.22. The van der Waals surface area contributed by atoms with Crippen LogP contribution >= 0.6 is 23.1 Å². The van der Waals surface area contributed by atoms with Gasteiger partial charge in [0.05, 0.1) is 11.1 Å². The van der Waals surface area contributed by atoms with E-state index in [1.165, 1.54) is 42.5 Å². The zero-order valence-corrected chi connectivity index (χ0v) is 16.8. The van der Waals surface area contributed by atoms with Crippen molar-refractivity contribution in [3.8, 4) is 0 Å². The van der Waals surface area contributed by atoms with E-state index in [-0.39, 0.29) is 0 Å². The number of anilines is 1. The Bertz CT molecular complexity index is 910. The van der Waals surface area contributed by atoms with Gasteiger partial charge in [-0.1, -0.05) is 37.4 Å². The highest BCUT2D eigenvalue weighted by molar-refractivity contribution is 7.98. The van der Waals surface area contributed by atoms with E-state index < -0.39 is 0 Å². The van der Waals surface area contributed by atoms with Crippen LogP contribution in [0.15, 0.2) is 5.16 Å². The fourth-order valence-corrected chi connectivity index (χ4v) is 5.34. The number of fused-ring (bicyclic) bond motifs is 1. The van der Waals surface area contributed by atoms with Crippen molar-refractivity contribution in [3.63, 3.8) is 0 Å². The minimum absolute atomic E-state index is 0.569. The molecule has 0 saturated heterocycles. The zero-order chi connectivity index (χ0) is 18.1. The molecule has 138 valence electrons. The van der Waals surface area contributed by atoms with Crippen LogP contribution in [-0.4, -0.2) is 25.1 Å². The molecule has 0 spiro atoms. The molecule has 1 aliphatic rings. The maximum Gasteiger partial charge on any atom is 0.208 e. The van der Waals surface area contributed by atoms with E-state index in [2.05, 4.69) is 39.0 Å². The van der Waals surface area contributed by atoms with E-state index in [0.717, 1.165) is 39.4 Å². The van der Waals surface area contributed by atoms with Crippen LogP contribution in [-0.2, 0) is 12.2 Å². The number of aryl methyl sites for hydroxylation is 3. The number of hydrogen-bond acceptors (Lipinski definition) is 7. The van der Waals surface area contributed by atoms with Gasteiger partial charge >= 0.3 is 0 Å². The maximum atomic E-state index is 6.15. The standard InChI is InChI=1S/C18H24N6S2/c1-10-11(2)26-17-15(10)16(19)20-14(21-17)9-25-18-22-13(23-24-18)8-7-12-5-3-4-6-12/h12H,3-9H2,1-2H3,(H2,19,20,21)(H,22,23,24). The van der Waals surface area contributed by atoms with Gasteiger partial charge in [-0.2, -0.15) is 0 Å². The van der Waals surface area contributed by atoms with Gasteiger partial charge in [-0.25, -0.2) is 15.0 Å². The lowest BCUT2D eigenvalue weighted by Crippen LogP contribution is -1.99. The third-order valence-corrected chi connectivity index (χ3v) is 7.15. The van der Waals surface area contributed by atoms with Crippen LogP contribution in [0.2, 0.25) is 0 Å². The minimum Gasteiger partial charge on any atom is -0.383 e. The van der Waals surface area contributed by atoms with Gasteiger partial charge in [0, 0.05) is 11.3 Å². The molecular formula is C18H24N6S2. The van der Waals surface area contributed by atoms with Crippen molar-refractivity contribution in [3.05, 3.63) is 22.1 Å². The minimum atomic E-state index is 0.569. The van der Waals surface area contributed by atoms with Crippen LogP contribution in [0, 0.1) is 19.8 Å². The Hall–Kier alpha value is -1.67. The molecule has 3 aromatic heterocycles. The molecule has 4 rings (SSSR count). The van der Waals surface area contributed by atoms with E-state index >= 15 is 0 Å². The maximum absolute atomic E-state index is 6.15. The van der Waals surface area contributed by atoms with Gasteiger partial charge in [-0.3, -0.25) is 5.10 Å². The van der Waals surface area contributed by atoms with Gasteiger partial charge in [0.2, 0.25) is 5.16 Å². The van der Waals surface area contributed by atoms with Crippen molar-refractivity contribution in [1.82, 2.24) is 25.1 Å². The molecule has 26 heavy (non-hydrogen) atoms. The quantitative estimate of drug-likeness (QED) is 0.607. The summed E-state index contributed by atoms with van der Waals surface area (Å²) < 4.78 is 0. The summed E-state index contributed by atoms with van der Waals surface area (Å²) in [5, 5.41) is 9.15. The topological polar surface area (TPSA) is 93.4 Å². The number of nitrogen functional groups attached to an aromatic ring is 1. The van der Waals surface area contributed by atoms with Crippen LogP contribution in [0.1, 0.15) is 54.2 Å². The van der Waals surface area contributed by atoms with Crippen molar-refractivity contribution < 1.29 is 0 Å². The van der Waals surface area contributed by atoms with Gasteiger partial charge < -0.3 is 5.73 Å². The summed E-state index contributed by atoms with van der Waals surface area (Å²) in [5.41, 5.74) is 7.34. The molecule has 0 amide bonds. The molecule has 0 radical (unpaired) electrons. The average Bonchev–Trinajstić information content (AvgIpc) is 3.33. The molecule has 1 aliphatic carbocycles. The first-order valence-electron chi connectivity index (χ1n) is 9.16. The second-order valence-corrected chi connectivity index (χ2v) is 9.18. The molecule has 0 aliphatic heterocycles. The molecule has 1 fully saturated rings. The number of aromatic amines is 1. The first kappa shape index (κ1) is 17.7. The second-order valence-electron chi connectivity index (χ2n) is 7.03. The van der Waals surface area contributed by atoms with Gasteiger partial charge in [-0.15, -0.1) is 16.4 Å². The monoisotopic (exact) mass is 388 g/mol. The number of H-pyrrole nitrogens is 1. The Labute approximate surface area is 161 Å². The average molecular weight is 389 g/mol. The van der Waals surface area contributed by atoms with E-state index in [1.807, 2.05) is 0 Å². The van der Waals surface area contributed by atoms with E-state index in [9.17, 15) is 0 Å². The number of nitrogens with one attached hydrogen (secondary N) is 1. The van der Waals surface area contributed by atoms with Crippen LogP contribution in [0.25, 0.3) is 10.2 Å². The lowest BCUT2D eigenvalue weighted by molar-refractivity contribution is 0.497. The zero-order valence-electron chi connectivity index (χ0n) is 15.2. The van der Waals surface area contributed by atoms with Crippen molar-refractivity contribution in [2.75, 3.05) is 5.73 Å². The molecule has 3 heterocycles. The predicted molar refractivity (Wildman–Crippen MR) is 108 cm³/mol. The van der Waals surface area contributed by atoms with E-state index in [4.69, 9.17) is 5.73 Å². The largest absolute Gasteiger partial charge is 0.383 e. The number of nitrogens with two attached hydrogens (primary N) is 1. The SMILES string of the molecule is Cc1sc2nc(CSc3n[nH]c(CCC4CCCC4)n3)nc(N)c2c1C. The summed E-state index contributed by atoms with van der Waals surface area (Å²) in [7, 11) is 0. The molecular weight excluding hydrogens is 364 g/mol. The van der Waals surface area contributed by atoms with Crippen molar-refractivity contribution in [1.29, 1.82) is 0 Å². The molecule has 1 saturated carbocycles. The second kappa shape index (κ2) is 7.52. The van der Waals surface area contributed by atoms with E-state index in [0.29, 0.717) is 11.6 Å². The first-order valence-corrected chi connectivity index (χ1v) is 11.0. The van der Waals surface area contributed by atoms with Gasteiger partial charge in [-0.05, 0) is 31.7 Å². The summed E-state index contributed by atoms with van der Waals surface area (Å²) in [5.74, 6) is 3.78. The third-order valence-electron chi connectivity index (χ3n) is 5.21. The lowest BCUT2D eigenvalue weighted by atomic mass is 10.0. The Morgan fingerprint density at radius 1 is 1.19 bits per heavy atom. The Morgan fingerprint density at radius 3 is 2.81 bits per heavy atom. The first-order chi connectivity index (χ1) is 12.6. The number of nitrogens with zero attached hydrogens (tertiary/aromatic N) is 4. The normalized spacial score (nSPS) is 15.3. The molecule has 3 aromatic rings. The van der Waals surface area contributed by atoms with Gasteiger partial charge in [0.25, 0.3) is 0 Å². The number of rotatable bonds is 6. The predicted octanol–water partition coefficient (Wildman–Crippen LogP) is 4.42. The van der Waals surface area contributed by atoms with Crippen LogP contribution in [0.5, 0.6) is 0 Å². The molecule has 6 nitrogen and oxygen atoms in total. The smallest absolute Gasteiger partial charge is 0.208 e. The molecule has 0 unspecified atom stereocenters. The number of aromatic nitrogens is 5. The van der Waals surface area contributed by atoms with Crippen molar-refractivity contribution in [2.24, 2.45) is 5.92 Å². The molecule has 0 bridgehead atoms. The Morgan fingerprint density at radius 2 is 2.00 bits per heavy atom. The Kier molecular flexibility index (Phi) is 5.13. The van der Waals surface area contributed by atoms with Crippen molar-refractivity contribution in [2.45, 2.75) is 63.3 Å². The van der Waals surface area contributed by atoms with Crippen LogP contribution < -0.4 is 5.73 Å². The third kappa shape index (κ3) is 3.71. The Balaban J connectivity index is 1.38. The fraction of sp³-hybridized carbons (Fsp3) is 0.556. The van der Waals surface area contributed by atoms with Crippen molar-refractivity contribution >= 4 is 39.1 Å². The number of hydrogen-bond donors (Lipinski definition) is 2.